The molecule has 2 atom stereocenters. The van der Waals surface area contributed by atoms with Crippen molar-refractivity contribution < 1.29 is 9.13 Å². The van der Waals surface area contributed by atoms with Gasteiger partial charge in [-0.1, -0.05) is 28.1 Å². The highest BCUT2D eigenvalue weighted by Crippen LogP contribution is 2.31. The Hall–Kier alpha value is -0.910. The molecule has 20 heavy (non-hydrogen) atoms. The highest BCUT2D eigenvalue weighted by molar-refractivity contribution is 9.10. The normalized spacial score (nSPS) is 13.8. The summed E-state index contributed by atoms with van der Waals surface area (Å²) in [5.74, 6) is 0.252. The van der Waals surface area contributed by atoms with Gasteiger partial charge in [-0.2, -0.15) is 0 Å². The number of hydrogen-bond donors (Lipinski definition) is 1. The topological polar surface area (TPSA) is 35.2 Å². The molecule has 2 nitrogen and oxygen atoms in total. The number of ether oxygens (including phenoxy) is 1. The first-order chi connectivity index (χ1) is 9.47. The minimum absolute atomic E-state index is 0.201. The standard InChI is InChI=1S/C15H14Br2FNO/c1-9(19)15(10-2-4-11(16)5-3-10)20-14-7-6-12(18)8-13(14)17/h2-9,15H,19H2,1H3. The predicted molar refractivity (Wildman–Crippen MR) is 85.3 cm³/mol. The summed E-state index contributed by atoms with van der Waals surface area (Å²) in [5.41, 5.74) is 6.98. The second kappa shape index (κ2) is 6.70. The van der Waals surface area contributed by atoms with Gasteiger partial charge in [-0.25, -0.2) is 4.39 Å². The summed E-state index contributed by atoms with van der Waals surface area (Å²) in [5, 5.41) is 0. The molecule has 2 N–H and O–H groups in total. The molecule has 2 unspecified atom stereocenters. The fourth-order valence-electron chi connectivity index (χ4n) is 1.84. The van der Waals surface area contributed by atoms with E-state index in [0.29, 0.717) is 10.2 Å². The second-order valence-electron chi connectivity index (χ2n) is 4.52. The molecule has 0 bridgehead atoms. The Kier molecular flexibility index (Phi) is 5.18. The molecule has 0 fully saturated rings. The minimum Gasteiger partial charge on any atom is -0.483 e. The molecular weight excluding hydrogens is 389 g/mol. The van der Waals surface area contributed by atoms with Crippen LogP contribution in [-0.4, -0.2) is 6.04 Å². The third-order valence-electron chi connectivity index (χ3n) is 2.82. The molecule has 106 valence electrons. The first-order valence-electron chi connectivity index (χ1n) is 6.10. The van der Waals surface area contributed by atoms with Crippen LogP contribution in [0.2, 0.25) is 0 Å². The van der Waals surface area contributed by atoms with E-state index in [4.69, 9.17) is 10.5 Å². The van der Waals surface area contributed by atoms with Crippen LogP contribution in [0.4, 0.5) is 4.39 Å². The minimum atomic E-state index is -0.315. The van der Waals surface area contributed by atoms with E-state index in [1.54, 1.807) is 6.07 Å². The molecule has 0 aromatic heterocycles. The van der Waals surface area contributed by atoms with Gasteiger partial charge in [0, 0.05) is 10.5 Å². The molecular formula is C15H14Br2FNO. The van der Waals surface area contributed by atoms with Crippen LogP contribution in [0.3, 0.4) is 0 Å². The number of hydrogen-bond acceptors (Lipinski definition) is 2. The van der Waals surface area contributed by atoms with Crippen LogP contribution in [0.15, 0.2) is 51.4 Å². The molecule has 5 heteroatoms. The summed E-state index contributed by atoms with van der Waals surface area (Å²) in [7, 11) is 0. The molecule has 0 saturated carbocycles. The maximum Gasteiger partial charge on any atom is 0.139 e. The molecule has 2 aromatic rings. The summed E-state index contributed by atoms with van der Waals surface area (Å²) in [4.78, 5) is 0. The quantitative estimate of drug-likeness (QED) is 0.795. The lowest BCUT2D eigenvalue weighted by Crippen LogP contribution is -2.29. The monoisotopic (exact) mass is 401 g/mol. The van der Waals surface area contributed by atoms with Crippen LogP contribution < -0.4 is 10.5 Å². The van der Waals surface area contributed by atoms with Gasteiger partial charge in [0.15, 0.2) is 0 Å². The van der Waals surface area contributed by atoms with Gasteiger partial charge in [-0.05, 0) is 58.7 Å². The Labute approximate surface area is 134 Å². The maximum absolute atomic E-state index is 13.1. The number of nitrogens with two attached hydrogens (primary N) is 1. The Balaban J connectivity index is 2.28. The first kappa shape index (κ1) is 15.5. The summed E-state index contributed by atoms with van der Waals surface area (Å²) in [6.45, 7) is 1.88. The SMILES string of the molecule is CC(N)C(Oc1ccc(F)cc1Br)c1ccc(Br)cc1. The zero-order chi connectivity index (χ0) is 14.7. The summed E-state index contributed by atoms with van der Waals surface area (Å²) in [6.07, 6.45) is -0.301. The molecule has 0 saturated heterocycles. The Morgan fingerprint density at radius 3 is 2.30 bits per heavy atom. The number of halogens is 3. The molecule has 0 aliphatic rings. The molecule has 0 aliphatic heterocycles. The van der Waals surface area contributed by atoms with Gasteiger partial charge in [0.1, 0.15) is 17.7 Å². The van der Waals surface area contributed by atoms with Crippen molar-refractivity contribution in [1.82, 2.24) is 0 Å². The van der Waals surface area contributed by atoms with Crippen LogP contribution in [0, 0.1) is 5.82 Å². The van der Waals surface area contributed by atoms with Crippen molar-refractivity contribution in [1.29, 1.82) is 0 Å². The summed E-state index contributed by atoms with van der Waals surface area (Å²) in [6, 6.07) is 11.9. The third-order valence-corrected chi connectivity index (χ3v) is 3.97. The smallest absolute Gasteiger partial charge is 0.139 e. The van der Waals surface area contributed by atoms with E-state index in [1.165, 1.54) is 12.1 Å². The average molecular weight is 403 g/mol. The van der Waals surface area contributed by atoms with Crippen LogP contribution in [-0.2, 0) is 0 Å². The van der Waals surface area contributed by atoms with Crippen molar-refractivity contribution in [3.63, 3.8) is 0 Å². The molecule has 0 amide bonds. The van der Waals surface area contributed by atoms with E-state index in [-0.39, 0.29) is 18.0 Å². The molecule has 0 radical (unpaired) electrons. The van der Waals surface area contributed by atoms with E-state index < -0.39 is 0 Å². The van der Waals surface area contributed by atoms with Crippen molar-refractivity contribution >= 4 is 31.9 Å². The zero-order valence-electron chi connectivity index (χ0n) is 10.8. The zero-order valence-corrected chi connectivity index (χ0v) is 14.0. The Morgan fingerprint density at radius 1 is 1.10 bits per heavy atom. The number of rotatable bonds is 4. The molecule has 0 spiro atoms. The van der Waals surface area contributed by atoms with Crippen LogP contribution in [0.1, 0.15) is 18.6 Å². The second-order valence-corrected chi connectivity index (χ2v) is 6.29. The number of benzene rings is 2. The lowest BCUT2D eigenvalue weighted by molar-refractivity contribution is 0.179. The predicted octanol–water partition coefficient (Wildman–Crippen LogP) is 4.82. The van der Waals surface area contributed by atoms with Gasteiger partial charge in [-0.3, -0.25) is 0 Å². The highest BCUT2D eigenvalue weighted by atomic mass is 79.9. The van der Waals surface area contributed by atoms with E-state index in [2.05, 4.69) is 31.9 Å². The Bertz CT molecular complexity index is 587. The Morgan fingerprint density at radius 2 is 1.75 bits per heavy atom. The van der Waals surface area contributed by atoms with E-state index in [0.717, 1.165) is 10.0 Å². The van der Waals surface area contributed by atoms with Gasteiger partial charge in [0.25, 0.3) is 0 Å². The lowest BCUT2D eigenvalue weighted by atomic mass is 10.0. The third kappa shape index (κ3) is 3.81. The van der Waals surface area contributed by atoms with Crippen molar-refractivity contribution in [3.8, 4) is 5.75 Å². The van der Waals surface area contributed by atoms with Crippen molar-refractivity contribution in [2.75, 3.05) is 0 Å². The van der Waals surface area contributed by atoms with Crippen molar-refractivity contribution in [3.05, 3.63) is 62.8 Å². The summed E-state index contributed by atoms with van der Waals surface area (Å²) >= 11 is 6.69. The molecule has 2 rings (SSSR count). The van der Waals surface area contributed by atoms with Crippen molar-refractivity contribution in [2.24, 2.45) is 5.73 Å². The van der Waals surface area contributed by atoms with Crippen molar-refractivity contribution in [2.45, 2.75) is 19.1 Å². The van der Waals surface area contributed by atoms with E-state index in [1.807, 2.05) is 31.2 Å². The molecule has 0 heterocycles. The fourth-order valence-corrected chi connectivity index (χ4v) is 2.55. The largest absolute Gasteiger partial charge is 0.483 e. The van der Waals surface area contributed by atoms with Gasteiger partial charge >= 0.3 is 0 Å². The van der Waals surface area contributed by atoms with E-state index >= 15 is 0 Å². The van der Waals surface area contributed by atoms with Gasteiger partial charge in [0.2, 0.25) is 0 Å². The average Bonchev–Trinajstić information content (AvgIpc) is 2.39. The summed E-state index contributed by atoms with van der Waals surface area (Å²) < 4.78 is 20.6. The molecule has 2 aromatic carbocycles. The fraction of sp³-hybridized carbons (Fsp3) is 0.200. The molecule has 0 aliphatic carbocycles. The van der Waals surface area contributed by atoms with Gasteiger partial charge in [0.05, 0.1) is 4.47 Å². The van der Waals surface area contributed by atoms with Gasteiger partial charge < -0.3 is 10.5 Å². The first-order valence-corrected chi connectivity index (χ1v) is 7.68. The highest BCUT2D eigenvalue weighted by Gasteiger charge is 2.19. The van der Waals surface area contributed by atoms with E-state index in [9.17, 15) is 4.39 Å². The van der Waals surface area contributed by atoms with Crippen LogP contribution in [0.5, 0.6) is 5.75 Å². The van der Waals surface area contributed by atoms with Crippen LogP contribution in [0.25, 0.3) is 0 Å². The maximum atomic E-state index is 13.1. The van der Waals surface area contributed by atoms with Gasteiger partial charge in [-0.15, -0.1) is 0 Å². The lowest BCUT2D eigenvalue weighted by Gasteiger charge is -2.23. The van der Waals surface area contributed by atoms with Crippen LogP contribution >= 0.6 is 31.9 Å².